The Hall–Kier alpha value is -1.77. The van der Waals surface area contributed by atoms with Crippen LogP contribution in [0, 0.1) is 11.3 Å². The van der Waals surface area contributed by atoms with E-state index in [9.17, 15) is 9.59 Å². The number of alkyl carbamates (subject to hydrolysis) is 1. The van der Waals surface area contributed by atoms with Gasteiger partial charge in [-0.25, -0.2) is 4.79 Å². The van der Waals surface area contributed by atoms with Crippen LogP contribution in [0.2, 0.25) is 0 Å². The number of hydrogen-bond donors (Lipinski definition) is 2. The number of nitriles is 1. The molecule has 6 nitrogen and oxygen atoms in total. The number of rotatable bonds is 3. The maximum Gasteiger partial charge on any atom is 0.408 e. The van der Waals surface area contributed by atoms with Gasteiger partial charge in [-0.2, -0.15) is 5.26 Å². The first-order valence-electron chi connectivity index (χ1n) is 7.95. The van der Waals surface area contributed by atoms with Crippen LogP contribution in [0.15, 0.2) is 0 Å². The van der Waals surface area contributed by atoms with E-state index in [2.05, 4.69) is 16.7 Å². The van der Waals surface area contributed by atoms with Crippen molar-refractivity contribution in [2.24, 2.45) is 0 Å². The highest BCUT2D eigenvalue weighted by atomic mass is 16.6. The maximum absolute atomic E-state index is 12.7. The summed E-state index contributed by atoms with van der Waals surface area (Å²) in [6.07, 6.45) is 4.75. The Morgan fingerprint density at radius 1 is 1.05 bits per heavy atom. The first-order valence-corrected chi connectivity index (χ1v) is 7.95. The van der Waals surface area contributed by atoms with E-state index in [1.807, 2.05) is 0 Å². The quantitative estimate of drug-likeness (QED) is 0.837. The van der Waals surface area contributed by atoms with Crippen molar-refractivity contribution in [3.63, 3.8) is 0 Å². The molecule has 22 heavy (non-hydrogen) atoms. The number of carbonyl (C=O) groups excluding carboxylic acids is 2. The van der Waals surface area contributed by atoms with Gasteiger partial charge in [0.05, 0.1) is 6.07 Å². The molecule has 2 aliphatic carbocycles. The molecule has 2 amide bonds. The van der Waals surface area contributed by atoms with Gasteiger partial charge >= 0.3 is 6.09 Å². The fourth-order valence-corrected chi connectivity index (χ4v) is 2.79. The van der Waals surface area contributed by atoms with Gasteiger partial charge in [-0.3, -0.25) is 4.79 Å². The van der Waals surface area contributed by atoms with Crippen molar-refractivity contribution in [3.8, 4) is 6.07 Å². The fraction of sp³-hybridized carbons (Fsp3) is 0.812. The number of carbonyl (C=O) groups is 2. The zero-order valence-corrected chi connectivity index (χ0v) is 13.6. The summed E-state index contributed by atoms with van der Waals surface area (Å²) < 4.78 is 5.29. The third kappa shape index (κ3) is 3.90. The van der Waals surface area contributed by atoms with Gasteiger partial charge in [-0.05, 0) is 46.5 Å². The van der Waals surface area contributed by atoms with Crippen molar-refractivity contribution in [2.75, 3.05) is 0 Å². The molecule has 0 saturated heterocycles. The summed E-state index contributed by atoms with van der Waals surface area (Å²) >= 11 is 0. The molecule has 2 saturated carbocycles. The molecule has 0 aliphatic heterocycles. The third-order valence-electron chi connectivity index (χ3n) is 4.20. The Morgan fingerprint density at radius 3 is 2.09 bits per heavy atom. The molecule has 0 bridgehead atoms. The number of nitrogens with zero attached hydrogens (tertiary/aromatic N) is 1. The van der Waals surface area contributed by atoms with Gasteiger partial charge in [-0.1, -0.05) is 19.3 Å². The third-order valence-corrected chi connectivity index (χ3v) is 4.20. The summed E-state index contributed by atoms with van der Waals surface area (Å²) in [6.45, 7) is 5.36. The highest BCUT2D eigenvalue weighted by Crippen LogP contribution is 2.36. The van der Waals surface area contributed by atoms with Gasteiger partial charge in [0.15, 0.2) is 0 Å². The molecule has 0 unspecified atom stereocenters. The predicted octanol–water partition coefficient (Wildman–Crippen LogP) is 2.39. The van der Waals surface area contributed by atoms with Crippen molar-refractivity contribution in [1.29, 1.82) is 5.26 Å². The van der Waals surface area contributed by atoms with Gasteiger partial charge in [0.25, 0.3) is 0 Å². The van der Waals surface area contributed by atoms with Crippen molar-refractivity contribution >= 4 is 12.0 Å². The average Bonchev–Trinajstić information content (AvgIpc) is 3.17. The fourth-order valence-electron chi connectivity index (χ4n) is 2.79. The molecule has 0 radical (unpaired) electrons. The second-order valence-electron chi connectivity index (χ2n) is 7.42. The maximum atomic E-state index is 12.7. The summed E-state index contributed by atoms with van der Waals surface area (Å²) in [4.78, 5) is 24.8. The van der Waals surface area contributed by atoms with Crippen molar-refractivity contribution in [1.82, 2.24) is 10.6 Å². The minimum absolute atomic E-state index is 0.253. The Bertz CT molecular complexity index is 492. The number of hydrogen-bond acceptors (Lipinski definition) is 4. The summed E-state index contributed by atoms with van der Waals surface area (Å²) in [5.41, 5.74) is -2.29. The second kappa shape index (κ2) is 5.79. The average molecular weight is 307 g/mol. The molecule has 0 aromatic rings. The first-order chi connectivity index (χ1) is 10.2. The highest BCUT2D eigenvalue weighted by molar-refractivity contribution is 5.91. The minimum atomic E-state index is -0.951. The lowest BCUT2D eigenvalue weighted by molar-refractivity contribution is -0.129. The molecule has 0 aromatic heterocycles. The smallest absolute Gasteiger partial charge is 0.408 e. The highest BCUT2D eigenvalue weighted by Gasteiger charge is 2.50. The summed E-state index contributed by atoms with van der Waals surface area (Å²) in [5, 5.41) is 14.8. The molecule has 0 heterocycles. The largest absolute Gasteiger partial charge is 0.444 e. The normalized spacial score (nSPS) is 22.1. The topological polar surface area (TPSA) is 91.2 Å². The number of ether oxygens (including phenoxy) is 1. The summed E-state index contributed by atoms with van der Waals surface area (Å²) in [7, 11) is 0. The molecule has 2 aliphatic rings. The van der Waals surface area contributed by atoms with Crippen molar-refractivity contribution in [2.45, 2.75) is 82.4 Å². The van der Waals surface area contributed by atoms with E-state index >= 15 is 0 Å². The molecule has 122 valence electrons. The van der Waals surface area contributed by atoms with Crippen LogP contribution in [0.4, 0.5) is 4.79 Å². The zero-order chi connectivity index (χ0) is 16.4. The van der Waals surface area contributed by atoms with E-state index in [-0.39, 0.29) is 5.91 Å². The zero-order valence-electron chi connectivity index (χ0n) is 13.6. The molecule has 0 spiro atoms. The van der Waals surface area contributed by atoms with Crippen LogP contribution < -0.4 is 10.6 Å². The number of amides is 2. The second-order valence-corrected chi connectivity index (χ2v) is 7.42. The van der Waals surface area contributed by atoms with E-state index in [1.165, 1.54) is 0 Å². The summed E-state index contributed by atoms with van der Waals surface area (Å²) in [5.74, 6) is -0.253. The van der Waals surface area contributed by atoms with E-state index in [4.69, 9.17) is 10.00 Å². The molecule has 2 rings (SSSR count). The van der Waals surface area contributed by atoms with Gasteiger partial charge in [-0.15, -0.1) is 0 Å². The lowest BCUT2D eigenvalue weighted by Gasteiger charge is -2.37. The minimum Gasteiger partial charge on any atom is -0.444 e. The lowest BCUT2D eigenvalue weighted by Crippen LogP contribution is -2.62. The molecule has 0 aromatic carbocycles. The molecule has 2 N–H and O–H groups in total. The molecule has 6 heteroatoms. The van der Waals surface area contributed by atoms with Crippen LogP contribution in [0.3, 0.4) is 0 Å². The summed E-state index contributed by atoms with van der Waals surface area (Å²) in [6, 6.07) is 2.16. The Labute approximate surface area is 131 Å². The SMILES string of the molecule is CC(C)(C)OC(=O)NC1(C(=O)NC2(C#N)CC2)CCCCC1. The van der Waals surface area contributed by atoms with Crippen molar-refractivity contribution < 1.29 is 14.3 Å². The Morgan fingerprint density at radius 2 is 1.64 bits per heavy atom. The Balaban J connectivity index is 2.08. The van der Waals surface area contributed by atoms with Crippen LogP contribution in [-0.4, -0.2) is 28.7 Å². The lowest BCUT2D eigenvalue weighted by atomic mass is 9.80. The Kier molecular flexibility index (Phi) is 4.37. The predicted molar refractivity (Wildman–Crippen MR) is 80.9 cm³/mol. The monoisotopic (exact) mass is 307 g/mol. The van der Waals surface area contributed by atoms with Crippen LogP contribution in [0.5, 0.6) is 0 Å². The molecule has 2 fully saturated rings. The van der Waals surface area contributed by atoms with Gasteiger partial charge in [0.2, 0.25) is 5.91 Å². The van der Waals surface area contributed by atoms with Crippen LogP contribution in [0.25, 0.3) is 0 Å². The van der Waals surface area contributed by atoms with Crippen LogP contribution >= 0.6 is 0 Å². The van der Waals surface area contributed by atoms with Crippen molar-refractivity contribution in [3.05, 3.63) is 0 Å². The first kappa shape index (κ1) is 16.6. The van der Waals surface area contributed by atoms with Gasteiger partial charge in [0.1, 0.15) is 16.7 Å². The van der Waals surface area contributed by atoms with E-state index in [0.29, 0.717) is 25.7 Å². The van der Waals surface area contributed by atoms with Gasteiger partial charge in [0, 0.05) is 0 Å². The van der Waals surface area contributed by atoms with Crippen LogP contribution in [0.1, 0.15) is 65.7 Å². The van der Waals surface area contributed by atoms with Gasteiger partial charge < -0.3 is 15.4 Å². The van der Waals surface area contributed by atoms with E-state index in [0.717, 1.165) is 19.3 Å². The molecule has 0 atom stereocenters. The standard InChI is InChI=1S/C16H25N3O3/c1-14(2,3)22-13(21)19-16(7-5-4-6-8-16)12(20)18-15(11-17)9-10-15/h4-10H2,1-3H3,(H,18,20)(H,19,21). The number of nitrogens with one attached hydrogen (secondary N) is 2. The van der Waals surface area contributed by atoms with E-state index < -0.39 is 22.8 Å². The van der Waals surface area contributed by atoms with E-state index in [1.54, 1.807) is 20.8 Å². The molecular weight excluding hydrogens is 282 g/mol. The van der Waals surface area contributed by atoms with Crippen LogP contribution in [-0.2, 0) is 9.53 Å². The molecular formula is C16H25N3O3.